The van der Waals surface area contributed by atoms with E-state index in [-0.39, 0.29) is 29.5 Å². The lowest BCUT2D eigenvalue weighted by Crippen LogP contribution is -2.45. The molecule has 3 aliphatic heterocycles. The summed E-state index contributed by atoms with van der Waals surface area (Å²) in [6.45, 7) is 2.84. The van der Waals surface area contributed by atoms with E-state index in [0.29, 0.717) is 18.7 Å². The number of nitrogens with one attached hydrogen (secondary N) is 1. The molecule has 0 bridgehead atoms. The molecule has 1 N–H and O–H groups in total. The van der Waals surface area contributed by atoms with Gasteiger partial charge in [-0.25, -0.2) is 8.42 Å². The van der Waals surface area contributed by atoms with Gasteiger partial charge in [0.1, 0.15) is 0 Å². The molecule has 7 nitrogen and oxygen atoms in total. The lowest BCUT2D eigenvalue weighted by molar-refractivity contribution is -0.126. The van der Waals surface area contributed by atoms with Gasteiger partial charge in [0.2, 0.25) is 11.8 Å². The van der Waals surface area contributed by atoms with Crippen molar-refractivity contribution in [3.63, 3.8) is 0 Å². The van der Waals surface area contributed by atoms with E-state index in [2.05, 4.69) is 10.2 Å². The second-order valence-electron chi connectivity index (χ2n) is 8.40. The van der Waals surface area contributed by atoms with Crippen molar-refractivity contribution in [1.82, 2.24) is 10.2 Å². The number of benzene rings is 1. The molecule has 158 valence electrons. The van der Waals surface area contributed by atoms with E-state index in [9.17, 15) is 18.0 Å². The average Bonchev–Trinajstić information content (AvgIpc) is 3.31. The van der Waals surface area contributed by atoms with Crippen LogP contribution in [-0.4, -0.2) is 62.3 Å². The number of carbonyl (C=O) groups is 2. The molecule has 1 atom stereocenters. The molecule has 1 aromatic carbocycles. The Bertz CT molecular complexity index is 860. The Balaban J connectivity index is 1.23. The molecule has 2 amide bonds. The Hall–Kier alpha value is -1.93. The third-order valence-electron chi connectivity index (χ3n) is 6.41. The standard InChI is InChI=1S/C21H29N3O4S/c25-20-2-1-10-24(20)18-5-3-16(4-6-18)14-22-21(26)17-7-11-23(12-8-17)19-9-13-29(27,28)15-19/h3-6,17,19H,1-2,7-15H2,(H,22,26). The van der Waals surface area contributed by atoms with Crippen LogP contribution in [0.2, 0.25) is 0 Å². The summed E-state index contributed by atoms with van der Waals surface area (Å²) in [6, 6.07) is 7.94. The maximum absolute atomic E-state index is 12.5. The number of anilines is 1. The number of rotatable bonds is 5. The van der Waals surface area contributed by atoms with Gasteiger partial charge in [0, 0.05) is 37.2 Å². The molecular weight excluding hydrogens is 390 g/mol. The van der Waals surface area contributed by atoms with Gasteiger partial charge in [0.25, 0.3) is 0 Å². The molecule has 1 unspecified atom stereocenters. The van der Waals surface area contributed by atoms with Crippen LogP contribution in [0.4, 0.5) is 5.69 Å². The highest BCUT2D eigenvalue weighted by Gasteiger charge is 2.35. The van der Waals surface area contributed by atoms with Crippen molar-refractivity contribution < 1.29 is 18.0 Å². The SMILES string of the molecule is O=C(NCc1ccc(N2CCCC2=O)cc1)C1CCN(C2CCS(=O)(=O)C2)CC1. The number of amides is 2. The van der Waals surface area contributed by atoms with Crippen LogP contribution >= 0.6 is 0 Å². The van der Waals surface area contributed by atoms with Crippen molar-refractivity contribution in [3.05, 3.63) is 29.8 Å². The predicted octanol–water partition coefficient (Wildman–Crippen LogP) is 1.33. The van der Waals surface area contributed by atoms with Gasteiger partial charge in [-0.15, -0.1) is 0 Å². The highest BCUT2D eigenvalue weighted by atomic mass is 32.2. The first-order chi connectivity index (χ1) is 13.9. The zero-order valence-corrected chi connectivity index (χ0v) is 17.5. The zero-order chi connectivity index (χ0) is 20.4. The number of likely N-dealkylation sites (tertiary alicyclic amines) is 1. The molecule has 0 saturated carbocycles. The number of sulfone groups is 1. The monoisotopic (exact) mass is 419 g/mol. The predicted molar refractivity (Wildman–Crippen MR) is 111 cm³/mol. The molecule has 29 heavy (non-hydrogen) atoms. The normalized spacial score (nSPS) is 25.4. The summed E-state index contributed by atoms with van der Waals surface area (Å²) in [6.07, 6.45) is 3.80. The number of hydrogen-bond acceptors (Lipinski definition) is 5. The first-order valence-electron chi connectivity index (χ1n) is 10.5. The number of nitrogens with zero attached hydrogens (tertiary/aromatic N) is 2. The first kappa shape index (κ1) is 20.3. The fourth-order valence-corrected chi connectivity index (χ4v) is 6.40. The molecule has 8 heteroatoms. The second-order valence-corrected chi connectivity index (χ2v) is 10.6. The maximum atomic E-state index is 12.5. The summed E-state index contributed by atoms with van der Waals surface area (Å²) in [5.74, 6) is 0.798. The van der Waals surface area contributed by atoms with Crippen molar-refractivity contribution in [2.24, 2.45) is 5.92 Å². The van der Waals surface area contributed by atoms with Gasteiger partial charge in [0.15, 0.2) is 9.84 Å². The average molecular weight is 420 g/mol. The number of piperidine rings is 1. The van der Waals surface area contributed by atoms with Crippen molar-refractivity contribution in [2.45, 2.75) is 44.7 Å². The molecule has 0 aliphatic carbocycles. The summed E-state index contributed by atoms with van der Waals surface area (Å²) in [4.78, 5) is 28.4. The Morgan fingerprint density at radius 2 is 1.79 bits per heavy atom. The minimum atomic E-state index is -2.87. The van der Waals surface area contributed by atoms with Crippen LogP contribution in [0.15, 0.2) is 24.3 Å². The van der Waals surface area contributed by atoms with Crippen LogP contribution in [0.1, 0.15) is 37.7 Å². The van der Waals surface area contributed by atoms with Gasteiger partial charge < -0.3 is 10.2 Å². The molecule has 0 aromatic heterocycles. The topological polar surface area (TPSA) is 86.8 Å². The lowest BCUT2D eigenvalue weighted by atomic mass is 9.94. The molecule has 3 saturated heterocycles. The van der Waals surface area contributed by atoms with Gasteiger partial charge in [0.05, 0.1) is 11.5 Å². The van der Waals surface area contributed by atoms with E-state index in [0.717, 1.165) is 56.6 Å². The second kappa shape index (κ2) is 8.44. The smallest absolute Gasteiger partial charge is 0.227 e. The maximum Gasteiger partial charge on any atom is 0.227 e. The van der Waals surface area contributed by atoms with Crippen LogP contribution in [0, 0.1) is 5.92 Å². The Labute approximate surface area is 172 Å². The van der Waals surface area contributed by atoms with E-state index >= 15 is 0 Å². The van der Waals surface area contributed by atoms with Gasteiger partial charge >= 0.3 is 0 Å². The molecule has 3 heterocycles. The van der Waals surface area contributed by atoms with Gasteiger partial charge in [-0.3, -0.25) is 14.5 Å². The molecule has 1 aromatic rings. The fourth-order valence-electron chi connectivity index (χ4n) is 4.64. The van der Waals surface area contributed by atoms with Crippen LogP contribution in [-0.2, 0) is 26.0 Å². The Kier molecular flexibility index (Phi) is 5.92. The summed E-state index contributed by atoms with van der Waals surface area (Å²) in [5.41, 5.74) is 1.94. The van der Waals surface area contributed by atoms with Crippen molar-refractivity contribution in [1.29, 1.82) is 0 Å². The molecule has 3 aliphatic rings. The van der Waals surface area contributed by atoms with Crippen molar-refractivity contribution >= 4 is 27.3 Å². The lowest BCUT2D eigenvalue weighted by Gasteiger charge is -2.34. The third kappa shape index (κ3) is 4.80. The van der Waals surface area contributed by atoms with Gasteiger partial charge in [-0.2, -0.15) is 0 Å². The first-order valence-corrected chi connectivity index (χ1v) is 12.3. The van der Waals surface area contributed by atoms with E-state index in [1.54, 1.807) is 0 Å². The van der Waals surface area contributed by atoms with Crippen LogP contribution < -0.4 is 10.2 Å². The summed E-state index contributed by atoms with van der Waals surface area (Å²) < 4.78 is 23.4. The van der Waals surface area contributed by atoms with Crippen LogP contribution in [0.5, 0.6) is 0 Å². The van der Waals surface area contributed by atoms with Gasteiger partial charge in [-0.1, -0.05) is 12.1 Å². The molecule has 0 spiro atoms. The summed E-state index contributed by atoms with van der Waals surface area (Å²) >= 11 is 0. The van der Waals surface area contributed by atoms with Crippen LogP contribution in [0.25, 0.3) is 0 Å². The zero-order valence-electron chi connectivity index (χ0n) is 16.7. The molecule has 4 rings (SSSR count). The quantitative estimate of drug-likeness (QED) is 0.778. The molecule has 3 fully saturated rings. The minimum absolute atomic E-state index is 0.00856. The molecular formula is C21H29N3O4S. The van der Waals surface area contributed by atoms with E-state index in [4.69, 9.17) is 0 Å². The Morgan fingerprint density at radius 1 is 1.07 bits per heavy atom. The van der Waals surface area contributed by atoms with Crippen LogP contribution in [0.3, 0.4) is 0 Å². The van der Waals surface area contributed by atoms with Gasteiger partial charge in [-0.05, 0) is 56.5 Å². The van der Waals surface area contributed by atoms with Crippen molar-refractivity contribution in [3.8, 4) is 0 Å². The van der Waals surface area contributed by atoms with E-state index in [1.807, 2.05) is 29.2 Å². The number of carbonyl (C=O) groups excluding carboxylic acids is 2. The largest absolute Gasteiger partial charge is 0.352 e. The number of hydrogen-bond donors (Lipinski definition) is 1. The third-order valence-corrected chi connectivity index (χ3v) is 8.16. The summed E-state index contributed by atoms with van der Waals surface area (Å²) in [5, 5.41) is 3.03. The highest BCUT2D eigenvalue weighted by Crippen LogP contribution is 2.25. The Morgan fingerprint density at radius 3 is 2.38 bits per heavy atom. The highest BCUT2D eigenvalue weighted by molar-refractivity contribution is 7.91. The molecule has 0 radical (unpaired) electrons. The van der Waals surface area contributed by atoms with E-state index in [1.165, 1.54) is 0 Å². The van der Waals surface area contributed by atoms with Crippen molar-refractivity contribution in [2.75, 3.05) is 36.0 Å². The van der Waals surface area contributed by atoms with E-state index < -0.39 is 9.84 Å². The minimum Gasteiger partial charge on any atom is -0.352 e. The fraction of sp³-hybridized carbons (Fsp3) is 0.619. The summed E-state index contributed by atoms with van der Waals surface area (Å²) in [7, 11) is -2.87.